The van der Waals surface area contributed by atoms with Crippen LogP contribution in [0.15, 0.2) is 6.33 Å². The van der Waals surface area contributed by atoms with Crippen LogP contribution in [0.2, 0.25) is 0 Å². The monoisotopic (exact) mass is 427 g/mol. The molecule has 0 spiro atoms. The van der Waals surface area contributed by atoms with E-state index in [1.54, 1.807) is 13.3 Å². The van der Waals surface area contributed by atoms with Crippen LogP contribution in [0.3, 0.4) is 0 Å². The maximum absolute atomic E-state index is 11.0. The summed E-state index contributed by atoms with van der Waals surface area (Å²) >= 11 is 0. The van der Waals surface area contributed by atoms with Gasteiger partial charge in [-0.2, -0.15) is 4.98 Å². The summed E-state index contributed by atoms with van der Waals surface area (Å²) < 4.78 is 18.0. The summed E-state index contributed by atoms with van der Waals surface area (Å²) in [4.78, 5) is 29.7. The van der Waals surface area contributed by atoms with E-state index in [0.717, 1.165) is 24.4 Å². The molecule has 0 radical (unpaired) electrons. The van der Waals surface area contributed by atoms with Crippen LogP contribution in [0.5, 0.6) is 0 Å². The van der Waals surface area contributed by atoms with Crippen LogP contribution < -0.4 is 15.6 Å². The fourth-order valence-electron chi connectivity index (χ4n) is 3.90. The second-order valence-electron chi connectivity index (χ2n) is 7.90. The van der Waals surface area contributed by atoms with Crippen molar-refractivity contribution in [3.8, 4) is 0 Å². The first-order valence-corrected chi connectivity index (χ1v) is 12.1. The Morgan fingerprint density at radius 2 is 2.14 bits per heavy atom. The van der Waals surface area contributed by atoms with Crippen molar-refractivity contribution in [1.82, 2.24) is 15.0 Å². The van der Waals surface area contributed by atoms with Crippen LogP contribution >= 0.6 is 7.60 Å². The van der Waals surface area contributed by atoms with Crippen molar-refractivity contribution < 1.29 is 23.7 Å². The van der Waals surface area contributed by atoms with E-state index in [9.17, 15) is 4.57 Å². The number of aromatic nitrogens is 4. The van der Waals surface area contributed by atoms with Crippen molar-refractivity contribution in [2.75, 3.05) is 23.9 Å². The standard InChI is InChI=1S/C18H31N6O4P/c1-13(28-12-29(25,26)27)10-24-11-21-15-16(22-18(19)23-17(15)24)20-9-5-8-14-6-3-2-4-7-14/h11,13-14H,2-10,12H2,1H3,(H5,19,20,22,23,25,26,27)/p+1/t13-/m1/s1. The molecule has 2 aromatic heterocycles. The number of rotatable bonds is 10. The number of nitrogens with one attached hydrogen (secondary N) is 2. The van der Waals surface area contributed by atoms with Gasteiger partial charge in [0.25, 0.3) is 5.95 Å². The third-order valence-corrected chi connectivity index (χ3v) is 5.82. The van der Waals surface area contributed by atoms with Crippen molar-refractivity contribution in [2.24, 2.45) is 5.92 Å². The predicted molar refractivity (Wildman–Crippen MR) is 110 cm³/mol. The minimum atomic E-state index is -4.19. The van der Waals surface area contributed by atoms with Gasteiger partial charge in [0.2, 0.25) is 5.52 Å². The second kappa shape index (κ2) is 9.84. The van der Waals surface area contributed by atoms with E-state index in [2.05, 4.69) is 20.3 Å². The lowest BCUT2D eigenvalue weighted by Crippen LogP contribution is -2.39. The summed E-state index contributed by atoms with van der Waals surface area (Å²) in [5.74, 6) is 1.69. The molecule has 1 saturated carbocycles. The number of nitrogens with zero attached hydrogens (tertiary/aromatic N) is 3. The van der Waals surface area contributed by atoms with Gasteiger partial charge in [0.1, 0.15) is 6.35 Å². The molecule has 29 heavy (non-hydrogen) atoms. The number of hydrogen-bond donors (Lipinski definition) is 5. The van der Waals surface area contributed by atoms with Crippen LogP contribution in [0.1, 0.15) is 51.9 Å². The molecule has 1 fully saturated rings. The number of hydrogen-bond acceptors (Lipinski definition) is 6. The Bertz CT molecular complexity index is 848. The molecule has 1 atom stereocenters. The van der Waals surface area contributed by atoms with Gasteiger partial charge in [0.15, 0.2) is 12.1 Å². The van der Waals surface area contributed by atoms with E-state index in [-0.39, 0.29) is 5.95 Å². The van der Waals surface area contributed by atoms with Crippen LogP contribution in [0.4, 0.5) is 11.8 Å². The fraction of sp³-hybridized carbons (Fsp3) is 0.722. The zero-order valence-electron chi connectivity index (χ0n) is 16.9. The lowest BCUT2D eigenvalue weighted by Gasteiger charge is -2.21. The molecule has 0 bridgehead atoms. The number of ether oxygens (including phenoxy) is 1. The molecule has 0 aromatic carbocycles. The van der Waals surface area contributed by atoms with Crippen molar-refractivity contribution >= 4 is 30.5 Å². The topological polar surface area (TPSA) is 150 Å². The molecule has 2 aromatic rings. The zero-order chi connectivity index (χ0) is 20.9. The number of imidazole rings is 1. The van der Waals surface area contributed by atoms with Crippen molar-refractivity contribution in [3.05, 3.63) is 6.33 Å². The van der Waals surface area contributed by atoms with Gasteiger partial charge in [-0.25, -0.2) is 4.57 Å². The van der Waals surface area contributed by atoms with Gasteiger partial charge in [-0.15, -0.1) is 0 Å². The summed E-state index contributed by atoms with van der Waals surface area (Å²) in [7, 11) is -4.19. The molecule has 0 saturated heterocycles. The molecule has 3 rings (SSSR count). The SMILES string of the molecule is C[C@H](C[n+]1c[nH]c2c(NCCCC3CCCCC3)nc(N)nc21)OCP(=O)(O)O. The van der Waals surface area contributed by atoms with E-state index >= 15 is 0 Å². The highest BCUT2D eigenvalue weighted by Gasteiger charge is 2.22. The average molecular weight is 427 g/mol. The van der Waals surface area contributed by atoms with Crippen molar-refractivity contribution in [2.45, 2.75) is 64.5 Å². The van der Waals surface area contributed by atoms with Gasteiger partial charge < -0.3 is 25.6 Å². The van der Waals surface area contributed by atoms with Crippen molar-refractivity contribution in [3.63, 3.8) is 0 Å². The number of nitrogen functional groups attached to an aromatic ring is 1. The first kappa shape index (κ1) is 22.0. The van der Waals surface area contributed by atoms with E-state index in [4.69, 9.17) is 20.3 Å². The highest BCUT2D eigenvalue weighted by atomic mass is 31.2. The van der Waals surface area contributed by atoms with Crippen molar-refractivity contribution in [1.29, 1.82) is 0 Å². The number of anilines is 2. The molecular formula is C18H32N6O4P+. The Balaban J connectivity index is 1.59. The maximum Gasteiger partial charge on any atom is 0.350 e. The smallest absolute Gasteiger partial charge is 0.350 e. The highest BCUT2D eigenvalue weighted by molar-refractivity contribution is 7.51. The van der Waals surface area contributed by atoms with Gasteiger partial charge >= 0.3 is 13.2 Å². The minimum Gasteiger partial charge on any atom is -0.367 e. The molecule has 6 N–H and O–H groups in total. The Kier molecular flexibility index (Phi) is 7.45. The van der Waals surface area contributed by atoms with Gasteiger partial charge in [0.05, 0.1) is 12.6 Å². The van der Waals surface area contributed by atoms with Crippen LogP contribution in [-0.2, 0) is 15.8 Å². The molecule has 1 aliphatic carbocycles. The molecule has 0 amide bonds. The quantitative estimate of drug-likeness (QED) is 0.220. The largest absolute Gasteiger partial charge is 0.367 e. The van der Waals surface area contributed by atoms with Gasteiger partial charge in [-0.05, 0) is 25.7 Å². The van der Waals surface area contributed by atoms with E-state index in [1.165, 1.54) is 38.5 Å². The summed E-state index contributed by atoms with van der Waals surface area (Å²) in [5.41, 5.74) is 7.27. The number of fused-ring (bicyclic) bond motifs is 1. The van der Waals surface area contributed by atoms with Gasteiger partial charge in [0, 0.05) is 6.54 Å². The number of aromatic amines is 1. The molecule has 0 unspecified atom stereocenters. The zero-order valence-corrected chi connectivity index (χ0v) is 17.8. The first-order chi connectivity index (χ1) is 13.8. The highest BCUT2D eigenvalue weighted by Crippen LogP contribution is 2.34. The summed E-state index contributed by atoms with van der Waals surface area (Å²) in [6.07, 6.45) is 9.84. The average Bonchev–Trinajstić information content (AvgIpc) is 3.06. The molecule has 10 nitrogen and oxygen atoms in total. The second-order valence-corrected chi connectivity index (χ2v) is 9.49. The number of nitrogens with two attached hydrogens (primary N) is 1. The van der Waals surface area contributed by atoms with E-state index in [0.29, 0.717) is 18.0 Å². The van der Waals surface area contributed by atoms with E-state index < -0.39 is 20.0 Å². The number of H-pyrrole nitrogens is 1. The van der Waals surface area contributed by atoms with Crippen LogP contribution in [-0.4, -0.2) is 43.7 Å². The molecule has 162 valence electrons. The lowest BCUT2D eigenvalue weighted by molar-refractivity contribution is -0.679. The lowest BCUT2D eigenvalue weighted by atomic mass is 9.86. The first-order valence-electron chi connectivity index (χ1n) is 10.3. The fourth-order valence-corrected chi connectivity index (χ4v) is 4.35. The Hall–Kier alpha value is -1.74. The molecule has 11 heteroatoms. The van der Waals surface area contributed by atoms with Gasteiger partial charge in [-0.3, -0.25) is 9.55 Å². The summed E-state index contributed by atoms with van der Waals surface area (Å²) in [6.45, 7) is 2.94. The summed E-state index contributed by atoms with van der Waals surface area (Å²) in [5, 5.41) is 3.37. The third kappa shape index (κ3) is 6.64. The summed E-state index contributed by atoms with van der Waals surface area (Å²) in [6, 6.07) is 0. The molecule has 0 aliphatic heterocycles. The molecule has 1 aliphatic rings. The Morgan fingerprint density at radius 3 is 2.86 bits per heavy atom. The third-order valence-electron chi connectivity index (χ3n) is 5.33. The van der Waals surface area contributed by atoms with E-state index in [1.807, 2.05) is 4.57 Å². The molecule has 2 heterocycles. The Morgan fingerprint density at radius 1 is 1.38 bits per heavy atom. The normalized spacial score (nSPS) is 16.9. The van der Waals surface area contributed by atoms with Gasteiger partial charge in [-0.1, -0.05) is 37.1 Å². The predicted octanol–water partition coefficient (Wildman–Crippen LogP) is 2.14. The maximum atomic E-state index is 11.0. The minimum absolute atomic E-state index is 0.171. The Labute approximate surface area is 170 Å². The molecular weight excluding hydrogens is 395 g/mol. The van der Waals surface area contributed by atoms with Crippen LogP contribution in [0.25, 0.3) is 11.2 Å². The van der Waals surface area contributed by atoms with Crippen LogP contribution in [0, 0.1) is 5.92 Å².